The summed E-state index contributed by atoms with van der Waals surface area (Å²) in [6, 6.07) is 19.7. The van der Waals surface area contributed by atoms with E-state index < -0.39 is 11.9 Å². The lowest BCUT2D eigenvalue weighted by Gasteiger charge is -2.09. The van der Waals surface area contributed by atoms with Crippen molar-refractivity contribution >= 4 is 35.1 Å². The molecule has 0 saturated carbocycles. The maximum absolute atomic E-state index is 12.6. The Morgan fingerprint density at radius 1 is 1.00 bits per heavy atom. The van der Waals surface area contributed by atoms with E-state index in [1.807, 2.05) is 30.3 Å². The number of hydrogen-bond donors (Lipinski definition) is 1. The van der Waals surface area contributed by atoms with Gasteiger partial charge in [-0.05, 0) is 41.5 Å². The molecule has 3 rings (SSSR count). The van der Waals surface area contributed by atoms with Gasteiger partial charge in [0.1, 0.15) is 5.76 Å². The van der Waals surface area contributed by atoms with Crippen LogP contribution in [-0.2, 0) is 20.9 Å². The van der Waals surface area contributed by atoms with E-state index in [1.54, 1.807) is 42.5 Å². The Balaban J connectivity index is 1.69. The van der Waals surface area contributed by atoms with Gasteiger partial charge in [-0.15, -0.1) is 0 Å². The van der Waals surface area contributed by atoms with Gasteiger partial charge in [0.05, 0.1) is 18.4 Å². The van der Waals surface area contributed by atoms with Crippen LogP contribution in [0.1, 0.15) is 16.9 Å². The largest absolute Gasteiger partial charge is 0.467 e. The quantitative estimate of drug-likeness (QED) is 0.367. The lowest BCUT2D eigenvalue weighted by molar-refractivity contribution is -0.142. The molecule has 0 radical (unpaired) electrons. The normalized spacial score (nSPS) is 11.1. The number of ether oxygens (including phenoxy) is 1. The van der Waals surface area contributed by atoms with Gasteiger partial charge in [-0.1, -0.05) is 54.1 Å². The monoisotopic (exact) mass is 395 g/mol. The summed E-state index contributed by atoms with van der Waals surface area (Å²) < 4.78 is 10.3. The van der Waals surface area contributed by atoms with E-state index in [-0.39, 0.29) is 13.2 Å². The van der Waals surface area contributed by atoms with E-state index in [0.717, 1.165) is 5.56 Å². The summed E-state index contributed by atoms with van der Waals surface area (Å²) in [5, 5.41) is 3.19. The predicted molar refractivity (Wildman–Crippen MR) is 107 cm³/mol. The average Bonchev–Trinajstić information content (AvgIpc) is 3.24. The Kier molecular flexibility index (Phi) is 6.65. The number of esters is 1. The fourth-order valence-electron chi connectivity index (χ4n) is 2.46. The predicted octanol–water partition coefficient (Wildman–Crippen LogP) is 4.33. The van der Waals surface area contributed by atoms with Gasteiger partial charge in [-0.3, -0.25) is 4.79 Å². The van der Waals surface area contributed by atoms with Crippen LogP contribution in [0.4, 0.5) is 0 Å². The summed E-state index contributed by atoms with van der Waals surface area (Å²) in [6.45, 7) is -0.160. The number of hydrogen-bond acceptors (Lipinski definition) is 4. The van der Waals surface area contributed by atoms with E-state index >= 15 is 0 Å². The van der Waals surface area contributed by atoms with Gasteiger partial charge < -0.3 is 14.5 Å². The Bertz CT molecular complexity index is 948. The number of nitrogens with one attached hydrogen (secondary N) is 1. The van der Waals surface area contributed by atoms with Gasteiger partial charge in [0, 0.05) is 5.02 Å². The second-order valence-corrected chi connectivity index (χ2v) is 6.34. The van der Waals surface area contributed by atoms with E-state index in [1.165, 1.54) is 6.26 Å². The molecule has 0 aliphatic carbocycles. The first kappa shape index (κ1) is 19.5. The number of halogens is 1. The minimum Gasteiger partial charge on any atom is -0.467 e. The molecule has 0 bridgehead atoms. The second-order valence-electron chi connectivity index (χ2n) is 5.91. The third kappa shape index (κ3) is 5.59. The highest BCUT2D eigenvalue weighted by atomic mass is 35.5. The van der Waals surface area contributed by atoms with Crippen molar-refractivity contribution in [2.75, 3.05) is 6.61 Å². The smallest absolute Gasteiger partial charge is 0.339 e. The fourth-order valence-corrected chi connectivity index (χ4v) is 2.59. The lowest BCUT2D eigenvalue weighted by Crippen LogP contribution is -2.28. The van der Waals surface area contributed by atoms with Crippen LogP contribution < -0.4 is 5.32 Å². The van der Waals surface area contributed by atoms with Crippen molar-refractivity contribution in [1.29, 1.82) is 0 Å². The van der Waals surface area contributed by atoms with Gasteiger partial charge in [0.15, 0.2) is 6.61 Å². The molecule has 1 amide bonds. The standard InChI is InChI=1S/C22H18ClNO4/c23-18-10-8-17(9-11-18)20(13-16-5-2-1-3-6-16)22(26)28-15-21(25)24-14-19-7-4-12-27-19/h1-13H,14-15H2,(H,24,25)/b20-13+. The lowest BCUT2D eigenvalue weighted by atomic mass is 10.0. The third-order valence-electron chi connectivity index (χ3n) is 3.86. The molecule has 0 spiro atoms. The summed E-state index contributed by atoms with van der Waals surface area (Å²) >= 11 is 5.94. The molecule has 5 nitrogen and oxygen atoms in total. The van der Waals surface area contributed by atoms with Crippen molar-refractivity contribution in [3.63, 3.8) is 0 Å². The van der Waals surface area contributed by atoms with Crippen LogP contribution >= 0.6 is 11.6 Å². The molecule has 0 aliphatic rings. The van der Waals surface area contributed by atoms with Gasteiger partial charge in [0.25, 0.3) is 5.91 Å². The topological polar surface area (TPSA) is 68.5 Å². The number of carbonyl (C=O) groups excluding carboxylic acids is 2. The molecule has 0 saturated heterocycles. The van der Waals surface area contributed by atoms with Crippen LogP contribution in [0.3, 0.4) is 0 Å². The van der Waals surface area contributed by atoms with Crippen LogP contribution in [0.2, 0.25) is 5.02 Å². The van der Waals surface area contributed by atoms with Gasteiger partial charge >= 0.3 is 5.97 Å². The molecule has 6 heteroatoms. The van der Waals surface area contributed by atoms with Crippen molar-refractivity contribution in [3.05, 3.63) is 94.9 Å². The van der Waals surface area contributed by atoms with Crippen molar-refractivity contribution in [1.82, 2.24) is 5.32 Å². The maximum atomic E-state index is 12.6. The van der Waals surface area contributed by atoms with Gasteiger partial charge in [-0.2, -0.15) is 0 Å². The van der Waals surface area contributed by atoms with E-state index in [4.69, 9.17) is 20.8 Å². The zero-order chi connectivity index (χ0) is 19.8. The van der Waals surface area contributed by atoms with Gasteiger partial charge in [-0.25, -0.2) is 4.79 Å². The summed E-state index contributed by atoms with van der Waals surface area (Å²) in [6.07, 6.45) is 3.24. The van der Waals surface area contributed by atoms with Crippen molar-refractivity contribution in [2.24, 2.45) is 0 Å². The molecule has 1 heterocycles. The average molecular weight is 396 g/mol. The maximum Gasteiger partial charge on any atom is 0.339 e. The minimum atomic E-state index is -0.598. The van der Waals surface area contributed by atoms with Crippen molar-refractivity contribution in [2.45, 2.75) is 6.54 Å². The SMILES string of the molecule is O=C(COC(=O)/C(=C/c1ccccc1)c1ccc(Cl)cc1)NCc1ccco1. The zero-order valence-corrected chi connectivity index (χ0v) is 15.7. The Morgan fingerprint density at radius 3 is 2.43 bits per heavy atom. The molecule has 2 aromatic carbocycles. The van der Waals surface area contributed by atoms with E-state index in [0.29, 0.717) is 21.9 Å². The number of carbonyl (C=O) groups is 2. The number of furan rings is 1. The first-order valence-corrected chi connectivity index (χ1v) is 8.98. The van der Waals surface area contributed by atoms with Crippen molar-refractivity contribution < 1.29 is 18.7 Å². The summed E-state index contributed by atoms with van der Waals surface area (Å²) in [5.74, 6) is -0.398. The van der Waals surface area contributed by atoms with Crippen LogP contribution in [0.5, 0.6) is 0 Å². The molecule has 3 aromatic rings. The molecule has 0 aliphatic heterocycles. The molecule has 0 atom stereocenters. The number of rotatable bonds is 7. The highest BCUT2D eigenvalue weighted by Crippen LogP contribution is 2.22. The Hall–Kier alpha value is -3.31. The molecule has 142 valence electrons. The Labute approximate surface area is 167 Å². The number of benzene rings is 2. The molecular formula is C22H18ClNO4. The number of amides is 1. The van der Waals surface area contributed by atoms with Gasteiger partial charge in [0.2, 0.25) is 0 Å². The zero-order valence-electron chi connectivity index (χ0n) is 14.9. The molecule has 28 heavy (non-hydrogen) atoms. The van der Waals surface area contributed by atoms with E-state index in [9.17, 15) is 9.59 Å². The Morgan fingerprint density at radius 2 is 1.75 bits per heavy atom. The molecule has 0 unspecified atom stereocenters. The van der Waals surface area contributed by atoms with Crippen LogP contribution in [0.25, 0.3) is 11.6 Å². The van der Waals surface area contributed by atoms with Crippen LogP contribution in [-0.4, -0.2) is 18.5 Å². The first-order valence-electron chi connectivity index (χ1n) is 8.61. The highest BCUT2D eigenvalue weighted by Gasteiger charge is 2.16. The van der Waals surface area contributed by atoms with Crippen molar-refractivity contribution in [3.8, 4) is 0 Å². The fraction of sp³-hybridized carbons (Fsp3) is 0.0909. The van der Waals surface area contributed by atoms with Crippen LogP contribution in [0.15, 0.2) is 77.4 Å². The highest BCUT2D eigenvalue weighted by molar-refractivity contribution is 6.30. The van der Waals surface area contributed by atoms with Crippen LogP contribution in [0, 0.1) is 0 Å². The third-order valence-corrected chi connectivity index (χ3v) is 4.11. The first-order chi connectivity index (χ1) is 13.6. The molecule has 1 N–H and O–H groups in total. The van der Waals surface area contributed by atoms with E-state index in [2.05, 4.69) is 5.32 Å². The molecule has 0 fully saturated rings. The minimum absolute atomic E-state index is 0.229. The second kappa shape index (κ2) is 9.58. The summed E-state index contributed by atoms with van der Waals surface area (Å²) in [5.41, 5.74) is 1.82. The summed E-state index contributed by atoms with van der Waals surface area (Å²) in [4.78, 5) is 24.6. The molecular weight excluding hydrogens is 378 g/mol. The summed E-state index contributed by atoms with van der Waals surface area (Å²) in [7, 11) is 0. The molecule has 1 aromatic heterocycles.